The van der Waals surface area contributed by atoms with E-state index in [4.69, 9.17) is 4.42 Å². The van der Waals surface area contributed by atoms with Crippen molar-refractivity contribution in [3.05, 3.63) is 41.9 Å². The Hall–Kier alpha value is -2.44. The van der Waals surface area contributed by atoms with Crippen molar-refractivity contribution in [2.75, 3.05) is 0 Å². The number of nitrogens with zero attached hydrogens (tertiary/aromatic N) is 3. The highest BCUT2D eigenvalue weighted by atomic mass is 19.4. The molecule has 0 atom stereocenters. The summed E-state index contributed by atoms with van der Waals surface area (Å²) >= 11 is 0. The van der Waals surface area contributed by atoms with Crippen LogP contribution in [-0.2, 0) is 12.6 Å². The summed E-state index contributed by atoms with van der Waals surface area (Å²) in [7, 11) is 0. The van der Waals surface area contributed by atoms with Gasteiger partial charge in [0.1, 0.15) is 5.52 Å². The fourth-order valence-corrected chi connectivity index (χ4v) is 2.01. The molecular formula is C19H22F3N3O. The number of aromatic nitrogens is 3. The van der Waals surface area contributed by atoms with Gasteiger partial charge in [0.15, 0.2) is 0 Å². The van der Waals surface area contributed by atoms with Crippen molar-refractivity contribution in [1.29, 1.82) is 0 Å². The van der Waals surface area contributed by atoms with Gasteiger partial charge in [0.05, 0.1) is 5.56 Å². The van der Waals surface area contributed by atoms with Gasteiger partial charge in [0, 0.05) is 24.2 Å². The Bertz CT molecular complexity index is 857. The van der Waals surface area contributed by atoms with Crippen LogP contribution in [-0.4, -0.2) is 15.0 Å². The summed E-state index contributed by atoms with van der Waals surface area (Å²) in [4.78, 5) is 11.8. The molecule has 0 saturated heterocycles. The molecule has 0 radical (unpaired) electrons. The molecule has 140 valence electrons. The Morgan fingerprint density at radius 1 is 1.15 bits per heavy atom. The predicted octanol–water partition coefficient (Wildman–Crippen LogP) is 5.92. The first-order valence-electron chi connectivity index (χ1n) is 8.53. The number of oxazole rings is 1. The van der Waals surface area contributed by atoms with E-state index in [0.29, 0.717) is 12.0 Å². The van der Waals surface area contributed by atoms with Crippen molar-refractivity contribution < 1.29 is 17.6 Å². The highest BCUT2D eigenvalue weighted by Gasteiger charge is 2.31. The summed E-state index contributed by atoms with van der Waals surface area (Å²) in [5.74, 6) is 1.13. The predicted molar refractivity (Wildman–Crippen MR) is 94.5 cm³/mol. The monoisotopic (exact) mass is 365 g/mol. The number of alkyl halides is 3. The van der Waals surface area contributed by atoms with E-state index in [2.05, 4.69) is 35.7 Å². The fourth-order valence-electron chi connectivity index (χ4n) is 2.01. The standard InChI is InChI=1S/C14H10F3N3O.C5H12/c1-2-8-6-18-4-3-10(8)12-20-11-5-9(14(15,16)17)7-19-13(11)21-12;1-4-5(2)3/h3-7H,2H2,1H3;5H,4H2,1-3H3. The van der Waals surface area contributed by atoms with Gasteiger partial charge >= 0.3 is 6.18 Å². The first-order valence-corrected chi connectivity index (χ1v) is 8.53. The summed E-state index contributed by atoms with van der Waals surface area (Å²) < 4.78 is 43.4. The molecule has 0 bridgehead atoms. The SMILES string of the molecule is CCC(C)C.CCc1cnccc1-c1nc2cc(C(F)(F)F)cnc2o1. The Labute approximate surface area is 150 Å². The molecule has 0 aliphatic rings. The zero-order valence-corrected chi connectivity index (χ0v) is 15.3. The lowest BCUT2D eigenvalue weighted by atomic mass is 10.1. The van der Waals surface area contributed by atoms with Gasteiger partial charge in [-0.1, -0.05) is 34.1 Å². The summed E-state index contributed by atoms with van der Waals surface area (Å²) in [5.41, 5.74) is 0.926. The van der Waals surface area contributed by atoms with Crippen LogP contribution in [0.5, 0.6) is 0 Å². The average molecular weight is 365 g/mol. The number of fused-ring (bicyclic) bond motifs is 1. The lowest BCUT2D eigenvalue weighted by molar-refractivity contribution is -0.137. The lowest BCUT2D eigenvalue weighted by Gasteiger charge is -2.03. The molecule has 0 aromatic carbocycles. The minimum absolute atomic E-state index is 0.0804. The van der Waals surface area contributed by atoms with Gasteiger partial charge in [-0.25, -0.2) is 9.97 Å². The van der Waals surface area contributed by atoms with E-state index in [-0.39, 0.29) is 17.1 Å². The van der Waals surface area contributed by atoms with E-state index in [1.807, 2.05) is 6.92 Å². The number of rotatable bonds is 3. The minimum atomic E-state index is -4.45. The first-order chi connectivity index (χ1) is 12.3. The molecule has 0 aliphatic heterocycles. The second-order valence-corrected chi connectivity index (χ2v) is 6.25. The number of hydrogen-bond acceptors (Lipinski definition) is 4. The Balaban J connectivity index is 0.000000431. The molecule has 0 unspecified atom stereocenters. The third-order valence-corrected chi connectivity index (χ3v) is 3.91. The fraction of sp³-hybridized carbons (Fsp3) is 0.421. The molecular weight excluding hydrogens is 343 g/mol. The maximum atomic E-state index is 12.7. The third kappa shape index (κ3) is 4.80. The van der Waals surface area contributed by atoms with Crippen LogP contribution in [0.2, 0.25) is 0 Å². The smallest absolute Gasteiger partial charge is 0.417 e. The molecule has 3 heterocycles. The van der Waals surface area contributed by atoms with Gasteiger partial charge in [0.25, 0.3) is 0 Å². The average Bonchev–Trinajstić information content (AvgIpc) is 3.04. The van der Waals surface area contributed by atoms with Crippen LogP contribution in [0.3, 0.4) is 0 Å². The van der Waals surface area contributed by atoms with Crippen LogP contribution in [0.25, 0.3) is 22.7 Å². The molecule has 3 aromatic heterocycles. The molecule has 0 saturated carbocycles. The van der Waals surface area contributed by atoms with Gasteiger partial charge in [-0.2, -0.15) is 13.2 Å². The Kier molecular flexibility index (Phi) is 6.34. The number of pyridine rings is 2. The van der Waals surface area contributed by atoms with E-state index in [1.165, 1.54) is 6.42 Å². The summed E-state index contributed by atoms with van der Waals surface area (Å²) in [5, 5.41) is 0. The Morgan fingerprint density at radius 3 is 2.42 bits per heavy atom. The van der Waals surface area contributed by atoms with E-state index < -0.39 is 11.7 Å². The second-order valence-electron chi connectivity index (χ2n) is 6.25. The number of halogens is 3. The van der Waals surface area contributed by atoms with Gasteiger partial charge in [-0.05, 0) is 30.0 Å². The molecule has 0 spiro atoms. The van der Waals surface area contributed by atoms with E-state index in [0.717, 1.165) is 23.7 Å². The molecule has 0 aliphatic carbocycles. The topological polar surface area (TPSA) is 51.8 Å². The van der Waals surface area contributed by atoms with Crippen LogP contribution in [0, 0.1) is 5.92 Å². The molecule has 26 heavy (non-hydrogen) atoms. The summed E-state index contributed by atoms with van der Waals surface area (Å²) in [6.45, 7) is 8.59. The van der Waals surface area contributed by atoms with Gasteiger partial charge in [0.2, 0.25) is 11.6 Å². The molecule has 3 rings (SSSR count). The summed E-state index contributed by atoms with van der Waals surface area (Å²) in [6.07, 6.45) is 1.57. The lowest BCUT2D eigenvalue weighted by Crippen LogP contribution is -2.04. The molecule has 7 heteroatoms. The maximum Gasteiger partial charge on any atom is 0.417 e. The number of aryl methyl sites for hydroxylation is 1. The van der Waals surface area contributed by atoms with Gasteiger partial charge < -0.3 is 4.42 Å². The van der Waals surface area contributed by atoms with Crippen molar-refractivity contribution in [2.45, 2.75) is 46.7 Å². The molecule has 0 amide bonds. The van der Waals surface area contributed by atoms with Crippen molar-refractivity contribution in [1.82, 2.24) is 15.0 Å². The van der Waals surface area contributed by atoms with Crippen LogP contribution < -0.4 is 0 Å². The third-order valence-electron chi connectivity index (χ3n) is 3.91. The van der Waals surface area contributed by atoms with Crippen LogP contribution in [0.15, 0.2) is 35.1 Å². The van der Waals surface area contributed by atoms with Crippen molar-refractivity contribution >= 4 is 11.2 Å². The van der Waals surface area contributed by atoms with E-state index in [1.54, 1.807) is 18.5 Å². The molecule has 3 aromatic rings. The largest absolute Gasteiger partial charge is 0.418 e. The van der Waals surface area contributed by atoms with Gasteiger partial charge in [-0.15, -0.1) is 0 Å². The van der Waals surface area contributed by atoms with E-state index >= 15 is 0 Å². The van der Waals surface area contributed by atoms with E-state index in [9.17, 15) is 13.2 Å². The van der Waals surface area contributed by atoms with Crippen molar-refractivity contribution in [3.63, 3.8) is 0 Å². The normalized spacial score (nSPS) is 11.5. The highest BCUT2D eigenvalue weighted by Crippen LogP contribution is 2.32. The number of hydrogen-bond donors (Lipinski definition) is 0. The molecule has 0 fully saturated rings. The molecule has 0 N–H and O–H groups in total. The highest BCUT2D eigenvalue weighted by molar-refractivity contribution is 5.74. The van der Waals surface area contributed by atoms with Crippen LogP contribution in [0.4, 0.5) is 13.2 Å². The maximum absolute atomic E-state index is 12.7. The van der Waals surface area contributed by atoms with Crippen molar-refractivity contribution in [2.24, 2.45) is 5.92 Å². The minimum Gasteiger partial charge on any atom is -0.418 e. The van der Waals surface area contributed by atoms with Gasteiger partial charge in [-0.3, -0.25) is 4.98 Å². The van der Waals surface area contributed by atoms with Crippen molar-refractivity contribution in [3.8, 4) is 11.5 Å². The quantitative estimate of drug-likeness (QED) is 0.578. The van der Waals surface area contributed by atoms with Crippen LogP contribution >= 0.6 is 0 Å². The Morgan fingerprint density at radius 2 is 1.85 bits per heavy atom. The molecule has 4 nitrogen and oxygen atoms in total. The second kappa shape index (κ2) is 8.29. The zero-order chi connectivity index (χ0) is 19.3. The van der Waals surface area contributed by atoms with Crippen LogP contribution in [0.1, 0.15) is 45.2 Å². The zero-order valence-electron chi connectivity index (χ0n) is 15.3. The summed E-state index contributed by atoms with van der Waals surface area (Å²) in [6, 6.07) is 2.65. The first kappa shape index (κ1) is 19.9.